The first-order chi connectivity index (χ1) is 11.3. The molecule has 116 valence electrons. The fourth-order valence-electron chi connectivity index (χ4n) is 4.21. The van der Waals surface area contributed by atoms with Crippen molar-refractivity contribution in [2.45, 2.75) is 38.3 Å². The summed E-state index contributed by atoms with van der Waals surface area (Å²) >= 11 is 0. The van der Waals surface area contributed by atoms with Gasteiger partial charge in [-0.2, -0.15) is 5.26 Å². The van der Waals surface area contributed by atoms with Crippen LogP contribution in [0.1, 0.15) is 35.1 Å². The van der Waals surface area contributed by atoms with Crippen molar-refractivity contribution < 1.29 is 0 Å². The second-order valence-corrected chi connectivity index (χ2v) is 7.01. The van der Waals surface area contributed by atoms with Crippen LogP contribution in [0.4, 0.5) is 0 Å². The Labute approximate surface area is 138 Å². The molecule has 0 aromatic heterocycles. The van der Waals surface area contributed by atoms with E-state index in [1.54, 1.807) is 11.1 Å². The Kier molecular flexibility index (Phi) is 3.89. The maximum Gasteiger partial charge on any atom is 0.0991 e. The van der Waals surface area contributed by atoms with E-state index in [1.165, 1.54) is 37.8 Å². The first kappa shape index (κ1) is 14.5. The summed E-state index contributed by atoms with van der Waals surface area (Å²) < 4.78 is 0. The number of benzene rings is 2. The maximum atomic E-state index is 8.94. The lowest BCUT2D eigenvalue weighted by atomic mass is 9.80. The summed E-state index contributed by atoms with van der Waals surface area (Å²) in [5, 5.41) is 8.94. The Balaban J connectivity index is 1.55. The molecule has 3 aliphatic rings. The molecule has 2 bridgehead atoms. The zero-order chi connectivity index (χ0) is 15.6. The van der Waals surface area contributed by atoms with Gasteiger partial charge >= 0.3 is 0 Å². The fraction of sp³-hybridized carbons (Fsp3) is 0.381. The summed E-state index contributed by atoms with van der Waals surface area (Å²) in [7, 11) is 0. The molecule has 2 heteroatoms. The largest absolute Gasteiger partial charge is 0.296 e. The van der Waals surface area contributed by atoms with Crippen LogP contribution in [-0.2, 0) is 19.4 Å². The van der Waals surface area contributed by atoms with Crippen molar-refractivity contribution in [2.75, 3.05) is 6.54 Å². The summed E-state index contributed by atoms with van der Waals surface area (Å²) in [5.74, 6) is 0.783. The van der Waals surface area contributed by atoms with Gasteiger partial charge in [-0.3, -0.25) is 4.90 Å². The molecule has 1 aliphatic carbocycles. The highest BCUT2D eigenvalue weighted by Crippen LogP contribution is 2.33. The van der Waals surface area contributed by atoms with Gasteiger partial charge in [-0.05, 0) is 60.4 Å². The van der Waals surface area contributed by atoms with Crippen molar-refractivity contribution in [3.05, 3.63) is 70.8 Å². The smallest absolute Gasteiger partial charge is 0.0991 e. The Morgan fingerprint density at radius 3 is 2.43 bits per heavy atom. The second kappa shape index (κ2) is 6.18. The van der Waals surface area contributed by atoms with Gasteiger partial charge in [0.15, 0.2) is 0 Å². The average molecular weight is 302 g/mol. The number of nitriles is 1. The molecule has 0 radical (unpaired) electrons. The van der Waals surface area contributed by atoms with Gasteiger partial charge in [0.05, 0.1) is 11.6 Å². The minimum Gasteiger partial charge on any atom is -0.296 e. The molecule has 23 heavy (non-hydrogen) atoms. The molecule has 0 N–H and O–H groups in total. The van der Waals surface area contributed by atoms with E-state index in [9.17, 15) is 0 Å². The predicted octanol–water partition coefficient (Wildman–Crippen LogP) is 3.94. The van der Waals surface area contributed by atoms with Crippen LogP contribution in [0.15, 0.2) is 48.5 Å². The molecular formula is C21H22N2. The van der Waals surface area contributed by atoms with Crippen molar-refractivity contribution in [3.8, 4) is 6.07 Å². The lowest BCUT2D eigenvalue weighted by Gasteiger charge is -2.42. The lowest BCUT2D eigenvalue weighted by Crippen LogP contribution is -2.46. The van der Waals surface area contributed by atoms with Gasteiger partial charge in [0, 0.05) is 19.1 Å². The molecule has 0 amide bonds. The highest BCUT2D eigenvalue weighted by Gasteiger charge is 2.31. The van der Waals surface area contributed by atoms with Crippen molar-refractivity contribution >= 4 is 0 Å². The molecular weight excluding hydrogens is 280 g/mol. The Hall–Kier alpha value is -2.11. The molecule has 1 saturated heterocycles. The van der Waals surface area contributed by atoms with Gasteiger partial charge in [0.1, 0.15) is 0 Å². The van der Waals surface area contributed by atoms with Crippen LogP contribution >= 0.6 is 0 Å². The second-order valence-electron chi connectivity index (χ2n) is 7.01. The Bertz CT molecular complexity index is 726. The van der Waals surface area contributed by atoms with Gasteiger partial charge in [-0.1, -0.05) is 36.4 Å². The van der Waals surface area contributed by atoms with Crippen LogP contribution in [0, 0.1) is 17.2 Å². The van der Waals surface area contributed by atoms with E-state index < -0.39 is 0 Å². The molecule has 2 aromatic carbocycles. The van der Waals surface area contributed by atoms with Gasteiger partial charge in [-0.25, -0.2) is 0 Å². The summed E-state index contributed by atoms with van der Waals surface area (Å²) in [6, 6.07) is 19.9. The minimum absolute atomic E-state index is 0.656. The van der Waals surface area contributed by atoms with E-state index in [0.717, 1.165) is 18.0 Å². The van der Waals surface area contributed by atoms with Crippen molar-refractivity contribution in [1.82, 2.24) is 4.90 Å². The first-order valence-corrected chi connectivity index (χ1v) is 8.61. The molecule has 1 fully saturated rings. The van der Waals surface area contributed by atoms with Crippen molar-refractivity contribution in [3.63, 3.8) is 0 Å². The third-order valence-electron chi connectivity index (χ3n) is 5.47. The van der Waals surface area contributed by atoms with Crippen LogP contribution in [0.5, 0.6) is 0 Å². The Morgan fingerprint density at radius 2 is 1.70 bits per heavy atom. The molecule has 2 aromatic rings. The number of hydrogen-bond acceptors (Lipinski definition) is 2. The van der Waals surface area contributed by atoms with E-state index in [-0.39, 0.29) is 0 Å². The monoisotopic (exact) mass is 302 g/mol. The van der Waals surface area contributed by atoms with E-state index in [2.05, 4.69) is 47.4 Å². The van der Waals surface area contributed by atoms with Gasteiger partial charge in [-0.15, -0.1) is 0 Å². The van der Waals surface area contributed by atoms with Gasteiger partial charge in [0.25, 0.3) is 0 Å². The fourth-order valence-corrected chi connectivity index (χ4v) is 4.21. The average Bonchev–Trinajstić information content (AvgIpc) is 2.56. The predicted molar refractivity (Wildman–Crippen MR) is 91.9 cm³/mol. The normalized spacial score (nSPS) is 23.6. The van der Waals surface area contributed by atoms with E-state index in [0.29, 0.717) is 6.04 Å². The number of rotatable bonds is 2. The third kappa shape index (κ3) is 3.02. The van der Waals surface area contributed by atoms with E-state index in [1.807, 2.05) is 12.1 Å². The van der Waals surface area contributed by atoms with Crippen molar-refractivity contribution in [1.29, 1.82) is 5.26 Å². The van der Waals surface area contributed by atoms with E-state index in [4.69, 9.17) is 5.26 Å². The topological polar surface area (TPSA) is 27.0 Å². The summed E-state index contributed by atoms with van der Waals surface area (Å²) in [6.07, 6.45) is 5.09. The van der Waals surface area contributed by atoms with Crippen LogP contribution in [0.3, 0.4) is 0 Å². The van der Waals surface area contributed by atoms with Crippen LogP contribution < -0.4 is 0 Å². The molecule has 2 atom stereocenters. The zero-order valence-corrected chi connectivity index (χ0v) is 13.4. The number of fused-ring (bicyclic) bond motifs is 2. The quantitative estimate of drug-likeness (QED) is 0.840. The standard InChI is InChI=1S/C21H22N2/c22-13-16-5-7-17(8-6-16)14-23-15-18-9-10-21(23)12-20-4-2-1-3-19(20)11-18/h1-8,18,21H,9-12,14-15H2. The molecule has 0 saturated carbocycles. The number of piperidine rings is 1. The summed E-state index contributed by atoms with van der Waals surface area (Å²) in [6.45, 7) is 2.22. The zero-order valence-electron chi connectivity index (χ0n) is 13.4. The SMILES string of the molecule is N#Cc1ccc(CN2CC3CCC2Cc2ccccc2C3)cc1. The first-order valence-electron chi connectivity index (χ1n) is 8.61. The van der Waals surface area contributed by atoms with Crippen LogP contribution in [-0.4, -0.2) is 17.5 Å². The minimum atomic E-state index is 0.656. The lowest BCUT2D eigenvalue weighted by molar-refractivity contribution is 0.0938. The maximum absolute atomic E-state index is 8.94. The van der Waals surface area contributed by atoms with E-state index >= 15 is 0 Å². The highest BCUT2D eigenvalue weighted by molar-refractivity contribution is 5.32. The third-order valence-corrected chi connectivity index (χ3v) is 5.47. The molecule has 0 spiro atoms. The van der Waals surface area contributed by atoms with Crippen LogP contribution in [0.2, 0.25) is 0 Å². The number of nitrogens with zero attached hydrogens (tertiary/aromatic N) is 2. The molecule has 2 nitrogen and oxygen atoms in total. The van der Waals surface area contributed by atoms with Gasteiger partial charge < -0.3 is 0 Å². The van der Waals surface area contributed by atoms with Crippen LogP contribution in [0.25, 0.3) is 0 Å². The number of hydrogen-bond donors (Lipinski definition) is 0. The van der Waals surface area contributed by atoms with Gasteiger partial charge in [0.2, 0.25) is 0 Å². The van der Waals surface area contributed by atoms with Crippen molar-refractivity contribution in [2.24, 2.45) is 5.92 Å². The molecule has 2 unspecified atom stereocenters. The molecule has 5 rings (SSSR count). The molecule has 2 aliphatic heterocycles. The Morgan fingerprint density at radius 1 is 0.957 bits per heavy atom. The highest BCUT2D eigenvalue weighted by atomic mass is 15.2. The summed E-state index contributed by atoms with van der Waals surface area (Å²) in [4.78, 5) is 2.67. The summed E-state index contributed by atoms with van der Waals surface area (Å²) in [5.41, 5.74) is 5.19. The molecule has 2 heterocycles.